The highest BCUT2D eigenvalue weighted by Gasteiger charge is 2.31. The van der Waals surface area contributed by atoms with Gasteiger partial charge in [-0.1, -0.05) is 0 Å². The van der Waals surface area contributed by atoms with Gasteiger partial charge in [0.15, 0.2) is 0 Å². The van der Waals surface area contributed by atoms with E-state index < -0.39 is 16.9 Å². The quantitative estimate of drug-likeness (QED) is 0.466. The van der Waals surface area contributed by atoms with Crippen LogP contribution in [-0.2, 0) is 4.79 Å². The fourth-order valence-electron chi connectivity index (χ4n) is 0.672. The van der Waals surface area contributed by atoms with Crippen molar-refractivity contribution in [1.82, 2.24) is 5.32 Å². The van der Waals surface area contributed by atoms with Crippen LogP contribution in [0.15, 0.2) is 0 Å². The van der Waals surface area contributed by atoms with Crippen LogP contribution < -0.4 is 5.32 Å². The van der Waals surface area contributed by atoms with Crippen molar-refractivity contribution in [1.29, 1.82) is 0 Å². The largest absolute Gasteiger partial charge is 0.481 e. The Balaban J connectivity index is 4.23. The molecule has 0 unspecified atom stereocenters. The van der Waals surface area contributed by atoms with E-state index in [0.717, 1.165) is 0 Å². The third kappa shape index (κ3) is 3.61. The summed E-state index contributed by atoms with van der Waals surface area (Å²) in [7, 11) is 0. The summed E-state index contributed by atoms with van der Waals surface area (Å²) in [4.78, 5) is 10.7. The number of hydrogen-bond acceptors (Lipinski definition) is 4. The van der Waals surface area contributed by atoms with Gasteiger partial charge in [0.1, 0.15) is 0 Å². The Bertz CT molecular complexity index is 199. The van der Waals surface area contributed by atoms with Crippen LogP contribution in [0.4, 0.5) is 0 Å². The molecule has 0 aliphatic rings. The molecule has 84 valence electrons. The van der Waals surface area contributed by atoms with Gasteiger partial charge < -0.3 is 20.6 Å². The van der Waals surface area contributed by atoms with Crippen molar-refractivity contribution in [3.8, 4) is 0 Å². The van der Waals surface area contributed by atoms with Gasteiger partial charge in [-0.05, 0) is 20.8 Å². The van der Waals surface area contributed by atoms with Gasteiger partial charge in [0, 0.05) is 6.54 Å². The van der Waals surface area contributed by atoms with Crippen LogP contribution in [0.1, 0.15) is 20.8 Å². The Labute approximate surface area is 83.8 Å². The SMILES string of the molecule is CC(CO)(CO)NCC(C)(C)C(=O)O. The van der Waals surface area contributed by atoms with Crippen molar-refractivity contribution in [2.45, 2.75) is 26.3 Å². The lowest BCUT2D eigenvalue weighted by molar-refractivity contribution is -0.146. The number of aliphatic hydroxyl groups excluding tert-OH is 2. The molecule has 0 saturated carbocycles. The van der Waals surface area contributed by atoms with Gasteiger partial charge in [0.05, 0.1) is 24.2 Å². The molecule has 0 heterocycles. The summed E-state index contributed by atoms with van der Waals surface area (Å²) in [6.45, 7) is 4.51. The molecule has 0 aromatic heterocycles. The van der Waals surface area contributed by atoms with Crippen LogP contribution >= 0.6 is 0 Å². The van der Waals surface area contributed by atoms with Gasteiger partial charge in [-0.3, -0.25) is 4.79 Å². The molecule has 5 nitrogen and oxygen atoms in total. The number of carboxylic acid groups (broad SMARTS) is 1. The van der Waals surface area contributed by atoms with E-state index in [4.69, 9.17) is 15.3 Å². The normalized spacial score (nSPS) is 12.9. The Morgan fingerprint density at radius 3 is 1.93 bits per heavy atom. The highest BCUT2D eigenvalue weighted by molar-refractivity contribution is 5.73. The molecule has 0 radical (unpaired) electrons. The zero-order valence-corrected chi connectivity index (χ0v) is 8.87. The summed E-state index contributed by atoms with van der Waals surface area (Å²) in [5, 5.41) is 29.6. The molecule has 14 heavy (non-hydrogen) atoms. The first-order chi connectivity index (χ1) is 6.27. The van der Waals surface area contributed by atoms with E-state index in [1.54, 1.807) is 20.8 Å². The summed E-state index contributed by atoms with van der Waals surface area (Å²) >= 11 is 0. The average Bonchev–Trinajstić information content (AvgIpc) is 2.14. The second-order valence-corrected chi connectivity index (χ2v) is 4.42. The second kappa shape index (κ2) is 4.72. The van der Waals surface area contributed by atoms with Crippen molar-refractivity contribution < 1.29 is 20.1 Å². The van der Waals surface area contributed by atoms with Crippen LogP contribution in [-0.4, -0.2) is 46.6 Å². The third-order valence-electron chi connectivity index (χ3n) is 2.23. The smallest absolute Gasteiger partial charge is 0.310 e. The number of hydrogen-bond donors (Lipinski definition) is 4. The number of nitrogens with one attached hydrogen (secondary N) is 1. The highest BCUT2D eigenvalue weighted by Crippen LogP contribution is 2.15. The highest BCUT2D eigenvalue weighted by atomic mass is 16.4. The molecule has 0 rings (SSSR count). The minimum Gasteiger partial charge on any atom is -0.481 e. The maximum Gasteiger partial charge on any atom is 0.310 e. The first-order valence-electron chi connectivity index (χ1n) is 4.47. The Kier molecular flexibility index (Phi) is 4.51. The van der Waals surface area contributed by atoms with Gasteiger partial charge in [-0.25, -0.2) is 0 Å². The van der Waals surface area contributed by atoms with Crippen molar-refractivity contribution in [3.63, 3.8) is 0 Å². The van der Waals surface area contributed by atoms with Gasteiger partial charge in [0.2, 0.25) is 0 Å². The zero-order valence-electron chi connectivity index (χ0n) is 8.87. The molecule has 0 bridgehead atoms. The lowest BCUT2D eigenvalue weighted by Crippen LogP contribution is -2.53. The van der Waals surface area contributed by atoms with Crippen molar-refractivity contribution in [2.75, 3.05) is 19.8 Å². The standard InChI is InChI=1S/C9H19NO4/c1-8(2,7(13)14)4-10-9(3,5-11)6-12/h10-12H,4-6H2,1-3H3,(H,13,14). The van der Waals surface area contributed by atoms with Crippen molar-refractivity contribution >= 4 is 5.97 Å². The number of aliphatic hydroxyl groups is 2. The molecule has 0 amide bonds. The van der Waals surface area contributed by atoms with Crippen LogP contribution in [0.5, 0.6) is 0 Å². The van der Waals surface area contributed by atoms with Crippen LogP contribution in [0.3, 0.4) is 0 Å². The summed E-state index contributed by atoms with van der Waals surface area (Å²) < 4.78 is 0. The number of carboxylic acids is 1. The van der Waals surface area contributed by atoms with Gasteiger partial charge >= 0.3 is 5.97 Å². The molecule has 0 aromatic rings. The monoisotopic (exact) mass is 205 g/mol. The molecule has 0 aromatic carbocycles. The Morgan fingerprint density at radius 2 is 1.64 bits per heavy atom. The molecule has 0 saturated heterocycles. The van der Waals surface area contributed by atoms with Crippen molar-refractivity contribution in [2.24, 2.45) is 5.41 Å². The first kappa shape index (κ1) is 13.4. The van der Waals surface area contributed by atoms with Crippen LogP contribution in [0, 0.1) is 5.41 Å². The van der Waals surface area contributed by atoms with E-state index in [0.29, 0.717) is 0 Å². The Hall–Kier alpha value is -0.650. The summed E-state index contributed by atoms with van der Waals surface area (Å²) in [5.41, 5.74) is -1.74. The van der Waals surface area contributed by atoms with Gasteiger partial charge in [0.25, 0.3) is 0 Å². The fourth-order valence-corrected chi connectivity index (χ4v) is 0.672. The first-order valence-corrected chi connectivity index (χ1v) is 4.47. The van der Waals surface area contributed by atoms with E-state index in [2.05, 4.69) is 5.32 Å². The number of rotatable bonds is 6. The lowest BCUT2D eigenvalue weighted by atomic mass is 9.92. The zero-order chi connectivity index (χ0) is 11.4. The van der Waals surface area contributed by atoms with E-state index in [-0.39, 0.29) is 19.8 Å². The predicted octanol–water partition coefficient (Wildman–Crippen LogP) is -0.570. The third-order valence-corrected chi connectivity index (χ3v) is 2.23. The summed E-state index contributed by atoms with van der Waals surface area (Å²) in [6.07, 6.45) is 0. The predicted molar refractivity (Wildman–Crippen MR) is 52.0 cm³/mol. The van der Waals surface area contributed by atoms with Crippen LogP contribution in [0.2, 0.25) is 0 Å². The van der Waals surface area contributed by atoms with Crippen LogP contribution in [0.25, 0.3) is 0 Å². The molecule has 0 atom stereocenters. The number of carbonyl (C=O) groups is 1. The Morgan fingerprint density at radius 1 is 1.21 bits per heavy atom. The number of aliphatic carboxylic acids is 1. The molecule has 4 N–H and O–H groups in total. The fraction of sp³-hybridized carbons (Fsp3) is 0.889. The van der Waals surface area contributed by atoms with E-state index >= 15 is 0 Å². The molecular weight excluding hydrogens is 186 g/mol. The van der Waals surface area contributed by atoms with Gasteiger partial charge in [-0.15, -0.1) is 0 Å². The minimum atomic E-state index is -0.914. The van der Waals surface area contributed by atoms with E-state index in [9.17, 15) is 4.79 Å². The lowest BCUT2D eigenvalue weighted by Gasteiger charge is -2.30. The summed E-state index contributed by atoms with van der Waals surface area (Å²) in [5.74, 6) is -0.914. The molecule has 0 spiro atoms. The molecular formula is C9H19NO4. The van der Waals surface area contributed by atoms with Gasteiger partial charge in [-0.2, -0.15) is 0 Å². The van der Waals surface area contributed by atoms with E-state index in [1.807, 2.05) is 0 Å². The topological polar surface area (TPSA) is 89.8 Å². The van der Waals surface area contributed by atoms with Crippen molar-refractivity contribution in [3.05, 3.63) is 0 Å². The molecule has 0 aliphatic heterocycles. The molecule has 0 fully saturated rings. The maximum absolute atomic E-state index is 10.7. The maximum atomic E-state index is 10.7. The van der Waals surface area contributed by atoms with E-state index in [1.165, 1.54) is 0 Å². The minimum absolute atomic E-state index is 0.194. The second-order valence-electron chi connectivity index (χ2n) is 4.42. The average molecular weight is 205 g/mol. The summed E-state index contributed by atoms with van der Waals surface area (Å²) in [6, 6.07) is 0. The molecule has 0 aliphatic carbocycles. The molecule has 5 heteroatoms.